The summed E-state index contributed by atoms with van der Waals surface area (Å²) in [7, 11) is 1.65. The summed E-state index contributed by atoms with van der Waals surface area (Å²) in [5.41, 5.74) is 0.933. The minimum atomic E-state index is -0.446. The summed E-state index contributed by atoms with van der Waals surface area (Å²) in [6, 6.07) is 7.73. The lowest BCUT2D eigenvalue weighted by molar-refractivity contribution is 0.0841. The Hall–Kier alpha value is -1.10. The van der Waals surface area contributed by atoms with Crippen molar-refractivity contribution in [1.29, 1.82) is 0 Å². The Balaban J connectivity index is 1.87. The van der Waals surface area contributed by atoms with E-state index in [9.17, 15) is 5.11 Å². The summed E-state index contributed by atoms with van der Waals surface area (Å²) in [6.07, 6.45) is 2.07. The fraction of sp³-hybridized carbons (Fsp3) is 0.647. The summed E-state index contributed by atoms with van der Waals surface area (Å²) in [6.45, 7) is 7.13. The van der Waals surface area contributed by atoms with Gasteiger partial charge in [0.05, 0.1) is 13.2 Å². The van der Waals surface area contributed by atoms with Crippen LogP contribution < -0.4 is 10.1 Å². The number of rotatable bonds is 7. The standard InChI is InChI=1S/C17H28N2O2/c1-3-18-11-14-6-5-9-19(12-14)13-17(20)15-7-4-8-16(10-15)21-2/h4,7-8,10,14,17-18,20H,3,5-6,9,11-13H2,1-2H3. The van der Waals surface area contributed by atoms with Crippen molar-refractivity contribution in [3.8, 4) is 5.75 Å². The van der Waals surface area contributed by atoms with Crippen LogP contribution in [0.3, 0.4) is 0 Å². The Kier molecular flexibility index (Phi) is 6.49. The number of methoxy groups -OCH3 is 1. The van der Waals surface area contributed by atoms with Crippen LogP contribution in [0.15, 0.2) is 24.3 Å². The van der Waals surface area contributed by atoms with E-state index in [0.29, 0.717) is 12.5 Å². The number of benzene rings is 1. The first-order chi connectivity index (χ1) is 10.2. The predicted molar refractivity (Wildman–Crippen MR) is 85.7 cm³/mol. The van der Waals surface area contributed by atoms with Gasteiger partial charge in [-0.1, -0.05) is 19.1 Å². The van der Waals surface area contributed by atoms with Crippen LogP contribution in [0.4, 0.5) is 0 Å². The van der Waals surface area contributed by atoms with E-state index in [1.165, 1.54) is 12.8 Å². The molecule has 1 aliphatic heterocycles. The number of aliphatic hydroxyl groups excluding tert-OH is 1. The van der Waals surface area contributed by atoms with Gasteiger partial charge in [-0.25, -0.2) is 0 Å². The Morgan fingerprint density at radius 1 is 1.48 bits per heavy atom. The second-order valence-corrected chi connectivity index (χ2v) is 5.87. The van der Waals surface area contributed by atoms with E-state index in [0.717, 1.165) is 37.5 Å². The lowest BCUT2D eigenvalue weighted by Crippen LogP contribution is -2.41. The number of hydrogen-bond donors (Lipinski definition) is 2. The van der Waals surface area contributed by atoms with E-state index in [-0.39, 0.29) is 0 Å². The van der Waals surface area contributed by atoms with Crippen molar-refractivity contribution < 1.29 is 9.84 Å². The van der Waals surface area contributed by atoms with E-state index in [4.69, 9.17) is 4.74 Å². The van der Waals surface area contributed by atoms with E-state index in [1.54, 1.807) is 7.11 Å². The molecule has 2 unspecified atom stereocenters. The third kappa shape index (κ3) is 4.99. The zero-order valence-electron chi connectivity index (χ0n) is 13.2. The molecule has 4 nitrogen and oxygen atoms in total. The van der Waals surface area contributed by atoms with Crippen molar-refractivity contribution in [2.45, 2.75) is 25.9 Å². The molecule has 118 valence electrons. The monoisotopic (exact) mass is 292 g/mol. The SMILES string of the molecule is CCNCC1CCCN(CC(O)c2cccc(OC)c2)C1. The fourth-order valence-electron chi connectivity index (χ4n) is 3.03. The molecule has 0 radical (unpaired) electrons. The summed E-state index contributed by atoms with van der Waals surface area (Å²) in [5, 5.41) is 13.9. The maximum absolute atomic E-state index is 10.4. The first kappa shape index (κ1) is 16.3. The summed E-state index contributed by atoms with van der Waals surface area (Å²) in [5.74, 6) is 1.51. The lowest BCUT2D eigenvalue weighted by atomic mass is 9.97. The Morgan fingerprint density at radius 2 is 2.33 bits per heavy atom. The molecule has 0 spiro atoms. The van der Waals surface area contributed by atoms with Gasteiger partial charge in [0.2, 0.25) is 0 Å². The minimum Gasteiger partial charge on any atom is -0.497 e. The zero-order valence-corrected chi connectivity index (χ0v) is 13.2. The van der Waals surface area contributed by atoms with Gasteiger partial charge >= 0.3 is 0 Å². The van der Waals surface area contributed by atoms with Crippen molar-refractivity contribution in [3.63, 3.8) is 0 Å². The predicted octanol–water partition coefficient (Wildman–Crippen LogP) is 2.05. The maximum atomic E-state index is 10.4. The van der Waals surface area contributed by atoms with E-state index in [1.807, 2.05) is 24.3 Å². The van der Waals surface area contributed by atoms with E-state index in [2.05, 4.69) is 17.1 Å². The molecule has 2 atom stereocenters. The molecule has 4 heteroatoms. The maximum Gasteiger partial charge on any atom is 0.119 e. The molecular weight excluding hydrogens is 264 g/mol. The van der Waals surface area contributed by atoms with Crippen molar-refractivity contribution >= 4 is 0 Å². The summed E-state index contributed by atoms with van der Waals surface area (Å²) < 4.78 is 5.22. The third-order valence-electron chi connectivity index (χ3n) is 4.20. The minimum absolute atomic E-state index is 0.446. The van der Waals surface area contributed by atoms with Gasteiger partial charge in [-0.15, -0.1) is 0 Å². The van der Waals surface area contributed by atoms with E-state index < -0.39 is 6.10 Å². The van der Waals surface area contributed by atoms with E-state index >= 15 is 0 Å². The number of β-amino-alcohol motifs (C(OH)–C–C–N with tert-alkyl or cyclic N) is 1. The third-order valence-corrected chi connectivity index (χ3v) is 4.20. The van der Waals surface area contributed by atoms with Crippen LogP contribution in [-0.4, -0.2) is 49.8 Å². The topological polar surface area (TPSA) is 44.7 Å². The highest BCUT2D eigenvalue weighted by Gasteiger charge is 2.22. The molecular formula is C17H28N2O2. The molecule has 1 saturated heterocycles. The molecule has 0 aliphatic carbocycles. The van der Waals surface area contributed by atoms with Gasteiger partial charge in [0.15, 0.2) is 0 Å². The highest BCUT2D eigenvalue weighted by molar-refractivity contribution is 5.29. The number of likely N-dealkylation sites (tertiary alicyclic amines) is 1. The van der Waals surface area contributed by atoms with Crippen LogP contribution in [0.1, 0.15) is 31.4 Å². The first-order valence-corrected chi connectivity index (χ1v) is 7.98. The van der Waals surface area contributed by atoms with Gasteiger partial charge in [-0.2, -0.15) is 0 Å². The van der Waals surface area contributed by atoms with Gasteiger partial charge in [0.1, 0.15) is 5.75 Å². The molecule has 0 aromatic heterocycles. The molecule has 0 amide bonds. The molecule has 21 heavy (non-hydrogen) atoms. The van der Waals surface area contributed by atoms with Crippen LogP contribution in [0.5, 0.6) is 5.75 Å². The number of ether oxygens (including phenoxy) is 1. The molecule has 2 rings (SSSR count). The smallest absolute Gasteiger partial charge is 0.119 e. The van der Waals surface area contributed by atoms with Crippen molar-refractivity contribution in [2.24, 2.45) is 5.92 Å². The zero-order chi connectivity index (χ0) is 15.1. The average Bonchev–Trinajstić information content (AvgIpc) is 2.53. The molecule has 1 heterocycles. The lowest BCUT2D eigenvalue weighted by Gasteiger charge is -2.34. The molecule has 0 saturated carbocycles. The van der Waals surface area contributed by atoms with Gasteiger partial charge in [-0.3, -0.25) is 0 Å². The molecule has 2 N–H and O–H groups in total. The number of nitrogens with one attached hydrogen (secondary N) is 1. The van der Waals surface area contributed by atoms with Gasteiger partial charge < -0.3 is 20.1 Å². The Labute approximate surface area is 128 Å². The van der Waals surface area contributed by atoms with Crippen LogP contribution in [-0.2, 0) is 0 Å². The van der Waals surface area contributed by atoms with Crippen LogP contribution in [0, 0.1) is 5.92 Å². The Bertz CT molecular complexity index is 425. The van der Waals surface area contributed by atoms with Gasteiger partial charge in [0.25, 0.3) is 0 Å². The average molecular weight is 292 g/mol. The van der Waals surface area contributed by atoms with Gasteiger partial charge in [0, 0.05) is 13.1 Å². The van der Waals surface area contributed by atoms with Gasteiger partial charge in [-0.05, 0) is 56.1 Å². The number of piperidine rings is 1. The van der Waals surface area contributed by atoms with Crippen molar-refractivity contribution in [3.05, 3.63) is 29.8 Å². The second-order valence-electron chi connectivity index (χ2n) is 5.87. The number of hydrogen-bond acceptors (Lipinski definition) is 4. The largest absolute Gasteiger partial charge is 0.497 e. The second kappa shape index (κ2) is 8.37. The number of nitrogens with zero attached hydrogens (tertiary/aromatic N) is 1. The fourth-order valence-corrected chi connectivity index (χ4v) is 3.03. The summed E-state index contributed by atoms with van der Waals surface area (Å²) in [4.78, 5) is 2.38. The van der Waals surface area contributed by atoms with Crippen LogP contribution in [0.2, 0.25) is 0 Å². The van der Waals surface area contributed by atoms with Crippen LogP contribution >= 0.6 is 0 Å². The normalized spacial score (nSPS) is 21.2. The molecule has 1 aromatic carbocycles. The first-order valence-electron chi connectivity index (χ1n) is 7.98. The van der Waals surface area contributed by atoms with Crippen molar-refractivity contribution in [1.82, 2.24) is 10.2 Å². The summed E-state index contributed by atoms with van der Waals surface area (Å²) >= 11 is 0. The highest BCUT2D eigenvalue weighted by atomic mass is 16.5. The number of aliphatic hydroxyl groups is 1. The van der Waals surface area contributed by atoms with Crippen molar-refractivity contribution in [2.75, 3.05) is 39.8 Å². The molecule has 1 fully saturated rings. The quantitative estimate of drug-likeness (QED) is 0.807. The molecule has 1 aromatic rings. The highest BCUT2D eigenvalue weighted by Crippen LogP contribution is 2.22. The molecule has 0 bridgehead atoms. The molecule has 1 aliphatic rings. The van der Waals surface area contributed by atoms with Crippen LogP contribution in [0.25, 0.3) is 0 Å². The Morgan fingerprint density at radius 3 is 3.10 bits per heavy atom.